The highest BCUT2D eigenvalue weighted by Crippen LogP contribution is 2.33. The maximum absolute atomic E-state index is 12.8. The minimum atomic E-state index is -0.167. The van der Waals surface area contributed by atoms with Gasteiger partial charge in [-0.1, -0.05) is 23.8 Å². The van der Waals surface area contributed by atoms with Gasteiger partial charge in [-0.3, -0.25) is 4.79 Å². The third kappa shape index (κ3) is 6.34. The van der Waals surface area contributed by atoms with E-state index >= 15 is 0 Å². The molecule has 1 fully saturated rings. The Labute approximate surface area is 184 Å². The summed E-state index contributed by atoms with van der Waals surface area (Å²) in [5.74, 6) is 1.29. The van der Waals surface area contributed by atoms with Gasteiger partial charge in [0.25, 0.3) is 0 Å². The molecule has 1 aliphatic heterocycles. The van der Waals surface area contributed by atoms with Crippen LogP contribution in [0.15, 0.2) is 48.0 Å². The lowest BCUT2D eigenvalue weighted by molar-refractivity contribution is -0.105. The Morgan fingerprint density at radius 2 is 1.94 bits per heavy atom. The summed E-state index contributed by atoms with van der Waals surface area (Å²) in [6, 6.07) is 11.2. The molecule has 0 spiro atoms. The van der Waals surface area contributed by atoms with Crippen molar-refractivity contribution in [1.29, 1.82) is 0 Å². The second-order valence-corrected chi connectivity index (χ2v) is 8.11. The lowest BCUT2D eigenvalue weighted by Gasteiger charge is -2.23. The van der Waals surface area contributed by atoms with Crippen LogP contribution in [0.5, 0.6) is 17.2 Å². The highest BCUT2D eigenvalue weighted by molar-refractivity contribution is 5.99. The fourth-order valence-electron chi connectivity index (χ4n) is 3.62. The SMILES string of the molecule is COc1ccc(C(=O)CCc2ccc(OC3CCCCO3)cc2)c(O)c1CC=C(C)C. The summed E-state index contributed by atoms with van der Waals surface area (Å²) >= 11 is 0. The van der Waals surface area contributed by atoms with Gasteiger partial charge in [-0.2, -0.15) is 0 Å². The molecule has 5 nitrogen and oxygen atoms in total. The van der Waals surface area contributed by atoms with Crippen LogP contribution in [-0.2, 0) is 17.6 Å². The van der Waals surface area contributed by atoms with Crippen LogP contribution >= 0.6 is 0 Å². The van der Waals surface area contributed by atoms with Gasteiger partial charge in [0.2, 0.25) is 0 Å². The molecule has 1 heterocycles. The van der Waals surface area contributed by atoms with Crippen molar-refractivity contribution in [2.45, 2.75) is 58.7 Å². The van der Waals surface area contributed by atoms with Gasteiger partial charge < -0.3 is 19.3 Å². The van der Waals surface area contributed by atoms with E-state index in [0.29, 0.717) is 36.1 Å². The smallest absolute Gasteiger partial charge is 0.199 e. The largest absolute Gasteiger partial charge is 0.507 e. The van der Waals surface area contributed by atoms with Crippen LogP contribution in [0.4, 0.5) is 0 Å². The number of allylic oxidation sites excluding steroid dienone is 2. The maximum Gasteiger partial charge on any atom is 0.199 e. The second-order valence-electron chi connectivity index (χ2n) is 8.11. The summed E-state index contributed by atoms with van der Waals surface area (Å²) in [4.78, 5) is 12.8. The predicted octanol–water partition coefficient (Wildman–Crippen LogP) is 5.63. The number of aryl methyl sites for hydroxylation is 1. The molecule has 0 saturated carbocycles. The molecular weight excluding hydrogens is 392 g/mol. The molecule has 1 aliphatic rings. The van der Waals surface area contributed by atoms with Crippen molar-refractivity contribution in [2.75, 3.05) is 13.7 Å². The molecule has 2 aromatic rings. The third-order valence-electron chi connectivity index (χ3n) is 5.44. The first kappa shape index (κ1) is 22.9. The van der Waals surface area contributed by atoms with Gasteiger partial charge in [-0.05, 0) is 69.4 Å². The number of hydrogen-bond acceptors (Lipinski definition) is 5. The normalized spacial score (nSPS) is 15.9. The van der Waals surface area contributed by atoms with Crippen LogP contribution in [0.3, 0.4) is 0 Å². The summed E-state index contributed by atoms with van der Waals surface area (Å²) in [6.07, 6.45) is 6.39. The Hall–Kier alpha value is -2.79. The minimum absolute atomic E-state index is 0.0121. The lowest BCUT2D eigenvalue weighted by atomic mass is 9.97. The van der Waals surface area contributed by atoms with E-state index in [1.54, 1.807) is 19.2 Å². The first-order valence-electron chi connectivity index (χ1n) is 10.9. The molecule has 2 aromatic carbocycles. The fourth-order valence-corrected chi connectivity index (χ4v) is 3.62. The predicted molar refractivity (Wildman–Crippen MR) is 121 cm³/mol. The number of phenols is 1. The number of rotatable bonds is 9. The number of phenolic OH excluding ortho intramolecular Hbond substituents is 1. The summed E-state index contributed by atoms with van der Waals surface area (Å²) < 4.78 is 16.8. The number of carbonyl (C=O) groups is 1. The Balaban J connectivity index is 1.62. The van der Waals surface area contributed by atoms with E-state index < -0.39 is 0 Å². The van der Waals surface area contributed by atoms with Gasteiger partial charge in [0.1, 0.15) is 17.2 Å². The highest BCUT2D eigenvalue weighted by atomic mass is 16.7. The lowest BCUT2D eigenvalue weighted by Crippen LogP contribution is -2.24. The number of ether oxygens (including phenoxy) is 3. The van der Waals surface area contributed by atoms with Crippen LogP contribution < -0.4 is 9.47 Å². The van der Waals surface area contributed by atoms with E-state index in [1.165, 1.54) is 0 Å². The molecule has 31 heavy (non-hydrogen) atoms. The van der Waals surface area contributed by atoms with Gasteiger partial charge >= 0.3 is 0 Å². The van der Waals surface area contributed by atoms with Crippen LogP contribution in [0, 0.1) is 0 Å². The van der Waals surface area contributed by atoms with E-state index in [4.69, 9.17) is 14.2 Å². The van der Waals surface area contributed by atoms with Gasteiger partial charge in [0.05, 0.1) is 19.3 Å². The molecule has 1 N–H and O–H groups in total. The van der Waals surface area contributed by atoms with Crippen molar-refractivity contribution in [1.82, 2.24) is 0 Å². The van der Waals surface area contributed by atoms with E-state index in [-0.39, 0.29) is 17.8 Å². The molecule has 166 valence electrons. The van der Waals surface area contributed by atoms with E-state index in [0.717, 1.165) is 42.8 Å². The first-order chi connectivity index (χ1) is 15.0. The molecule has 1 atom stereocenters. The highest BCUT2D eigenvalue weighted by Gasteiger charge is 2.18. The number of benzene rings is 2. The number of aromatic hydroxyl groups is 1. The van der Waals surface area contributed by atoms with Crippen LogP contribution in [0.25, 0.3) is 0 Å². The molecule has 0 radical (unpaired) electrons. The number of ketones is 1. The quantitative estimate of drug-likeness (QED) is 0.417. The van der Waals surface area contributed by atoms with Crippen molar-refractivity contribution < 1.29 is 24.1 Å². The zero-order valence-electron chi connectivity index (χ0n) is 18.6. The molecule has 0 aromatic heterocycles. The molecule has 0 amide bonds. The fraction of sp³-hybridized carbons (Fsp3) is 0.423. The van der Waals surface area contributed by atoms with Gasteiger partial charge in [-0.15, -0.1) is 0 Å². The number of Topliss-reactive ketones (excluding diaryl/α,β-unsaturated/α-hetero) is 1. The zero-order valence-corrected chi connectivity index (χ0v) is 18.6. The summed E-state index contributed by atoms with van der Waals surface area (Å²) in [6.45, 7) is 4.74. The first-order valence-corrected chi connectivity index (χ1v) is 10.9. The van der Waals surface area contributed by atoms with Crippen LogP contribution in [0.2, 0.25) is 0 Å². The summed E-state index contributed by atoms with van der Waals surface area (Å²) in [5, 5.41) is 10.7. The van der Waals surface area contributed by atoms with E-state index in [2.05, 4.69) is 0 Å². The zero-order chi connectivity index (χ0) is 22.2. The second kappa shape index (κ2) is 11.0. The maximum atomic E-state index is 12.8. The number of carbonyl (C=O) groups excluding carboxylic acids is 1. The Morgan fingerprint density at radius 1 is 1.16 bits per heavy atom. The molecule has 1 unspecified atom stereocenters. The Bertz CT molecular complexity index is 904. The number of hydrogen-bond donors (Lipinski definition) is 1. The van der Waals surface area contributed by atoms with Gasteiger partial charge in [-0.25, -0.2) is 0 Å². The monoisotopic (exact) mass is 424 g/mol. The van der Waals surface area contributed by atoms with Crippen molar-refractivity contribution in [3.05, 3.63) is 64.7 Å². The average molecular weight is 425 g/mol. The van der Waals surface area contributed by atoms with Crippen LogP contribution in [0.1, 0.15) is 61.0 Å². The molecular formula is C26H32O5. The number of methoxy groups -OCH3 is 1. The third-order valence-corrected chi connectivity index (χ3v) is 5.44. The summed E-state index contributed by atoms with van der Waals surface area (Å²) in [7, 11) is 1.57. The van der Waals surface area contributed by atoms with Gasteiger partial charge in [0, 0.05) is 18.4 Å². The Kier molecular flexibility index (Phi) is 8.13. The molecule has 3 rings (SSSR count). The van der Waals surface area contributed by atoms with Crippen molar-refractivity contribution in [3.8, 4) is 17.2 Å². The topological polar surface area (TPSA) is 65.0 Å². The molecule has 5 heteroatoms. The van der Waals surface area contributed by atoms with Crippen LogP contribution in [-0.4, -0.2) is 30.9 Å². The minimum Gasteiger partial charge on any atom is -0.507 e. The molecule has 0 aliphatic carbocycles. The standard InChI is InChI=1S/C26H32O5/c1-18(2)7-13-22-24(29-3)16-14-21(26(22)28)23(27)15-10-19-8-11-20(12-9-19)31-25-6-4-5-17-30-25/h7-9,11-12,14,16,25,28H,4-6,10,13,15,17H2,1-3H3. The van der Waals surface area contributed by atoms with Crippen molar-refractivity contribution in [2.24, 2.45) is 0 Å². The van der Waals surface area contributed by atoms with Crippen molar-refractivity contribution >= 4 is 5.78 Å². The van der Waals surface area contributed by atoms with E-state index in [1.807, 2.05) is 44.2 Å². The summed E-state index contributed by atoms with van der Waals surface area (Å²) in [5.41, 5.74) is 3.16. The molecule has 1 saturated heterocycles. The average Bonchev–Trinajstić information content (AvgIpc) is 2.78. The van der Waals surface area contributed by atoms with Gasteiger partial charge in [0.15, 0.2) is 12.1 Å². The molecule has 0 bridgehead atoms. The van der Waals surface area contributed by atoms with E-state index in [9.17, 15) is 9.90 Å². The Morgan fingerprint density at radius 3 is 2.58 bits per heavy atom. The van der Waals surface area contributed by atoms with Crippen molar-refractivity contribution in [3.63, 3.8) is 0 Å².